The zero-order chi connectivity index (χ0) is 25.7. The first-order valence-electron chi connectivity index (χ1n) is 12.0. The normalized spacial score (nSPS) is 14.5. The Balaban J connectivity index is 1.99. The van der Waals surface area contributed by atoms with Gasteiger partial charge in [-0.3, -0.25) is 4.55 Å². The summed E-state index contributed by atoms with van der Waals surface area (Å²) in [4.78, 5) is 0.0231. The molecule has 0 spiro atoms. The van der Waals surface area contributed by atoms with Gasteiger partial charge in [0.05, 0.1) is 4.90 Å². The lowest BCUT2D eigenvalue weighted by molar-refractivity contribution is 0.470. The molecule has 0 heterocycles. The SMILES string of the molecule is Cc1cc(S(=O)(=O)O)c2c(c1OS(=O)(=O)c1c(C(C)C)cc3ccccc3c1C(C)C)CCCC2. The Kier molecular flexibility index (Phi) is 6.76. The Hall–Kier alpha value is -2.42. The summed E-state index contributed by atoms with van der Waals surface area (Å²) in [6.45, 7) is 9.47. The molecule has 35 heavy (non-hydrogen) atoms. The average molecular weight is 517 g/mol. The summed E-state index contributed by atoms with van der Waals surface area (Å²) in [6.07, 6.45) is 2.45. The fraction of sp³-hybridized carbons (Fsp3) is 0.407. The lowest BCUT2D eigenvalue weighted by Crippen LogP contribution is -2.20. The van der Waals surface area contributed by atoms with Crippen molar-refractivity contribution in [2.45, 2.75) is 81.9 Å². The van der Waals surface area contributed by atoms with Gasteiger partial charge in [-0.15, -0.1) is 0 Å². The minimum atomic E-state index is -4.44. The van der Waals surface area contributed by atoms with E-state index in [0.29, 0.717) is 40.7 Å². The second-order valence-corrected chi connectivity index (χ2v) is 12.8. The highest BCUT2D eigenvalue weighted by atomic mass is 32.2. The van der Waals surface area contributed by atoms with Gasteiger partial charge >= 0.3 is 10.1 Å². The van der Waals surface area contributed by atoms with Crippen LogP contribution >= 0.6 is 0 Å². The van der Waals surface area contributed by atoms with E-state index in [1.54, 1.807) is 6.92 Å². The Bertz CT molecular complexity index is 1520. The van der Waals surface area contributed by atoms with E-state index in [-0.39, 0.29) is 27.4 Å². The van der Waals surface area contributed by atoms with E-state index in [9.17, 15) is 21.4 Å². The number of hydrogen-bond donors (Lipinski definition) is 1. The van der Waals surface area contributed by atoms with Gasteiger partial charge in [-0.2, -0.15) is 16.8 Å². The summed E-state index contributed by atoms with van der Waals surface area (Å²) in [6, 6.07) is 11.0. The first kappa shape index (κ1) is 25.7. The number of rotatable bonds is 6. The molecule has 3 aromatic rings. The summed E-state index contributed by atoms with van der Waals surface area (Å²) >= 11 is 0. The van der Waals surface area contributed by atoms with Gasteiger partial charge in [0, 0.05) is 5.56 Å². The van der Waals surface area contributed by atoms with Crippen molar-refractivity contribution in [2.24, 2.45) is 0 Å². The topological polar surface area (TPSA) is 97.7 Å². The summed E-state index contributed by atoms with van der Waals surface area (Å²) in [7, 11) is -8.72. The van der Waals surface area contributed by atoms with E-state index in [4.69, 9.17) is 4.18 Å². The molecule has 4 rings (SSSR count). The van der Waals surface area contributed by atoms with Crippen LogP contribution in [0.4, 0.5) is 0 Å². The van der Waals surface area contributed by atoms with Crippen LogP contribution in [0.3, 0.4) is 0 Å². The molecule has 8 heteroatoms. The number of benzene rings is 3. The van der Waals surface area contributed by atoms with Gasteiger partial charge in [-0.1, -0.05) is 52.0 Å². The van der Waals surface area contributed by atoms with Gasteiger partial charge < -0.3 is 4.18 Å². The average Bonchev–Trinajstić information content (AvgIpc) is 2.78. The maximum absolute atomic E-state index is 14.0. The van der Waals surface area contributed by atoms with Crippen molar-refractivity contribution >= 4 is 31.0 Å². The quantitative estimate of drug-likeness (QED) is 0.305. The van der Waals surface area contributed by atoms with Crippen LogP contribution in [0.15, 0.2) is 46.2 Å². The monoisotopic (exact) mass is 516 g/mol. The molecule has 6 nitrogen and oxygen atoms in total. The molecule has 3 aromatic carbocycles. The summed E-state index contributed by atoms with van der Waals surface area (Å²) in [5.41, 5.74) is 2.76. The van der Waals surface area contributed by atoms with Gasteiger partial charge in [0.1, 0.15) is 10.6 Å². The number of fused-ring (bicyclic) bond motifs is 2. The van der Waals surface area contributed by atoms with Crippen LogP contribution in [0.1, 0.15) is 80.2 Å². The molecule has 0 bridgehead atoms. The van der Waals surface area contributed by atoms with E-state index in [1.165, 1.54) is 6.07 Å². The highest BCUT2D eigenvalue weighted by Gasteiger charge is 2.33. The smallest absolute Gasteiger partial charge is 0.339 e. The molecule has 0 radical (unpaired) electrons. The molecule has 0 aliphatic heterocycles. The molecule has 0 aromatic heterocycles. The van der Waals surface area contributed by atoms with Gasteiger partial charge in [0.2, 0.25) is 0 Å². The highest BCUT2D eigenvalue weighted by molar-refractivity contribution is 7.87. The van der Waals surface area contributed by atoms with Crippen molar-refractivity contribution in [2.75, 3.05) is 0 Å². The van der Waals surface area contributed by atoms with Crippen LogP contribution in [0, 0.1) is 6.92 Å². The van der Waals surface area contributed by atoms with Crippen LogP contribution in [-0.2, 0) is 33.1 Å². The third-order valence-electron chi connectivity index (χ3n) is 6.73. The molecular formula is C27H32O6S2. The first-order valence-corrected chi connectivity index (χ1v) is 14.8. The van der Waals surface area contributed by atoms with Gasteiger partial charge in [0.25, 0.3) is 10.1 Å². The first-order chi connectivity index (χ1) is 16.3. The van der Waals surface area contributed by atoms with Gasteiger partial charge in [-0.25, -0.2) is 0 Å². The molecule has 0 atom stereocenters. The number of aryl methyl sites for hydroxylation is 1. The Morgan fingerprint density at radius 2 is 1.51 bits per heavy atom. The third kappa shape index (κ3) is 4.71. The molecule has 1 aliphatic carbocycles. The van der Waals surface area contributed by atoms with Crippen molar-refractivity contribution in [1.29, 1.82) is 0 Å². The molecular weight excluding hydrogens is 484 g/mol. The molecule has 0 amide bonds. The lowest BCUT2D eigenvalue weighted by atomic mass is 9.89. The van der Waals surface area contributed by atoms with Crippen molar-refractivity contribution in [3.8, 4) is 5.75 Å². The van der Waals surface area contributed by atoms with Gasteiger partial charge in [-0.05, 0) is 89.6 Å². The van der Waals surface area contributed by atoms with Crippen LogP contribution in [0.5, 0.6) is 5.75 Å². The summed E-state index contributed by atoms with van der Waals surface area (Å²) in [5.74, 6) is 0.0240. The highest BCUT2D eigenvalue weighted by Crippen LogP contribution is 2.42. The number of hydrogen-bond acceptors (Lipinski definition) is 5. The summed E-state index contributed by atoms with van der Waals surface area (Å²) < 4.78 is 67.8. The standard InChI is InChI=1S/C27H32O6S2/c1-16(2)23-15-19-10-6-7-11-20(19)25(17(3)4)27(23)35(31,32)33-26-18(5)14-24(34(28,29)30)21-12-8-9-13-22(21)26/h6-7,10-11,14-17H,8-9,12-13H2,1-5H3,(H,28,29,30). The Morgan fingerprint density at radius 3 is 2.11 bits per heavy atom. The Labute approximate surface area is 208 Å². The van der Waals surface area contributed by atoms with E-state index in [1.807, 2.05) is 58.0 Å². The van der Waals surface area contributed by atoms with Gasteiger partial charge in [0.15, 0.2) is 0 Å². The molecule has 1 aliphatic rings. The van der Waals surface area contributed by atoms with Crippen molar-refractivity contribution in [3.05, 3.63) is 64.2 Å². The molecule has 0 unspecified atom stereocenters. The maximum atomic E-state index is 14.0. The maximum Gasteiger partial charge on any atom is 0.339 e. The minimum Gasteiger partial charge on any atom is -0.378 e. The van der Waals surface area contributed by atoms with Crippen LogP contribution in [0.2, 0.25) is 0 Å². The predicted octanol–water partition coefficient (Wildman–Crippen LogP) is 6.29. The fourth-order valence-corrected chi connectivity index (χ4v) is 7.77. The zero-order valence-electron chi connectivity index (χ0n) is 20.8. The van der Waals surface area contributed by atoms with Crippen molar-refractivity contribution in [3.63, 3.8) is 0 Å². The molecule has 1 N–H and O–H groups in total. The predicted molar refractivity (Wildman–Crippen MR) is 138 cm³/mol. The largest absolute Gasteiger partial charge is 0.378 e. The van der Waals surface area contributed by atoms with Crippen LogP contribution in [0.25, 0.3) is 10.8 Å². The van der Waals surface area contributed by atoms with Crippen LogP contribution in [-0.4, -0.2) is 21.4 Å². The minimum absolute atomic E-state index is 0.0672. The summed E-state index contributed by atoms with van der Waals surface area (Å²) in [5, 5.41) is 1.85. The second-order valence-electron chi connectivity index (χ2n) is 9.94. The van der Waals surface area contributed by atoms with Crippen molar-refractivity contribution < 1.29 is 25.6 Å². The lowest BCUT2D eigenvalue weighted by Gasteiger charge is -2.25. The van der Waals surface area contributed by atoms with E-state index in [0.717, 1.165) is 23.6 Å². The van der Waals surface area contributed by atoms with E-state index < -0.39 is 20.2 Å². The molecule has 0 saturated carbocycles. The van der Waals surface area contributed by atoms with E-state index >= 15 is 0 Å². The molecule has 0 saturated heterocycles. The van der Waals surface area contributed by atoms with E-state index in [2.05, 4.69) is 0 Å². The van der Waals surface area contributed by atoms with Crippen LogP contribution < -0.4 is 4.18 Å². The molecule has 0 fully saturated rings. The fourth-order valence-electron chi connectivity index (χ4n) is 5.17. The van der Waals surface area contributed by atoms with Crippen molar-refractivity contribution in [1.82, 2.24) is 0 Å². The third-order valence-corrected chi connectivity index (χ3v) is 9.00. The zero-order valence-corrected chi connectivity index (χ0v) is 22.4. The Morgan fingerprint density at radius 1 is 0.886 bits per heavy atom. The molecule has 188 valence electrons. The second kappa shape index (κ2) is 9.22.